The third kappa shape index (κ3) is 13.5. The van der Waals surface area contributed by atoms with Crippen LogP contribution >= 0.6 is 0 Å². The van der Waals surface area contributed by atoms with Crippen LogP contribution in [0.4, 0.5) is 23.3 Å². The van der Waals surface area contributed by atoms with Crippen LogP contribution in [0.5, 0.6) is 28.7 Å². The SMILES string of the molecule is CC1(C(=O)N2CCC[C@@H](Nc3n[nH]c4nccc(Oc5ccc(C(=O)Nc6cc(C#N)ccn6)cc5)c34)C2)COC1.COc1ccc(Cn2nc(N[C@@H]3CCCN(C(=O)C4(C)COC4)C3)c3c(Oc4ccc(C(=O)Nc5cc(C#N)ccn5)cc4)ccnc32)cc1. The molecule has 4 saturated heterocycles. The number of pyridine rings is 4. The lowest BCUT2D eigenvalue weighted by Crippen LogP contribution is -2.56. The number of nitrogens with zero attached hydrogens (tertiary/aromatic N) is 11. The summed E-state index contributed by atoms with van der Waals surface area (Å²) in [6, 6.07) is 35.0. The first-order valence-corrected chi connectivity index (χ1v) is 29.7. The maximum absolute atomic E-state index is 13.3. The second-order valence-electron chi connectivity index (χ2n) is 23.3. The van der Waals surface area contributed by atoms with E-state index in [9.17, 15) is 19.2 Å². The second kappa shape index (κ2) is 26.4. The number of piperidine rings is 2. The standard InChI is InChI=1S/C37H36N8O5.C29H28N8O4/c1-37(22-49-23-37)36(47)44-17-3-4-27(21-44)41-33-32-30(14-16-40-34(32)45(43-33)20-24-5-9-28(48-2)10-6-24)50-29-11-7-26(8-12-29)35(46)42-31-18-25(19-38)13-15-39-31;1-29(16-40-17-29)28(39)37-12-2-3-20(15-37)33-26-24-22(9-11-32-25(24)35-36-26)41-21-6-4-19(5-7-21)27(38)34-23-13-18(14-30)8-10-31-23/h5-16,18,27H,3-4,17,20-23H2,1-2H3,(H,41,43)(H,39,42,46);4-11,13,20H,2-3,12,15-17H2,1H3,(H,31,34,38)(H2,32,33,35,36)/t27-;20-/m11/s1. The highest BCUT2D eigenvalue weighted by molar-refractivity contribution is 6.04. The molecule has 10 heterocycles. The molecule has 0 radical (unpaired) electrons. The van der Waals surface area contributed by atoms with E-state index in [0.717, 1.165) is 43.5 Å². The van der Waals surface area contributed by atoms with Crippen molar-refractivity contribution in [3.05, 3.63) is 162 Å². The summed E-state index contributed by atoms with van der Waals surface area (Å²) in [6.07, 6.45) is 9.79. The van der Waals surface area contributed by atoms with Crippen LogP contribution in [0, 0.1) is 33.5 Å². The molecule has 6 aromatic heterocycles. The van der Waals surface area contributed by atoms with E-state index < -0.39 is 10.8 Å². The molecule has 0 spiro atoms. The van der Waals surface area contributed by atoms with E-state index in [1.807, 2.05) is 64.7 Å². The van der Waals surface area contributed by atoms with Gasteiger partial charge in [-0.1, -0.05) is 12.1 Å². The molecule has 0 bridgehead atoms. The Morgan fingerprint density at radius 2 is 1.10 bits per heavy atom. The molecule has 3 aromatic carbocycles. The monoisotopic (exact) mass is 1220 g/mol. The average molecular weight is 1230 g/mol. The highest BCUT2D eigenvalue weighted by atomic mass is 16.5. The maximum atomic E-state index is 13.3. The van der Waals surface area contributed by atoms with Gasteiger partial charge in [0.15, 0.2) is 22.9 Å². The molecule has 2 atom stereocenters. The predicted octanol–water partition coefficient (Wildman–Crippen LogP) is 8.95. The smallest absolute Gasteiger partial charge is 0.256 e. The molecule has 5 N–H and O–H groups in total. The van der Waals surface area contributed by atoms with Crippen LogP contribution in [-0.4, -0.2) is 145 Å². The molecule has 4 aliphatic rings. The molecule has 0 aliphatic carbocycles. The largest absolute Gasteiger partial charge is 0.497 e. The van der Waals surface area contributed by atoms with Crippen LogP contribution in [0.1, 0.15) is 76.9 Å². The molecule has 462 valence electrons. The summed E-state index contributed by atoms with van der Waals surface area (Å²) >= 11 is 0. The molecule has 4 aliphatic heterocycles. The van der Waals surface area contributed by atoms with Gasteiger partial charge in [0.2, 0.25) is 11.8 Å². The number of amides is 4. The van der Waals surface area contributed by atoms with Gasteiger partial charge in [0.25, 0.3) is 11.8 Å². The molecule has 91 heavy (non-hydrogen) atoms. The molecule has 25 heteroatoms. The van der Waals surface area contributed by atoms with Gasteiger partial charge in [-0.05, 0) is 130 Å². The number of aromatic amines is 1. The van der Waals surface area contributed by atoms with E-state index in [1.165, 1.54) is 24.5 Å². The first-order chi connectivity index (χ1) is 44.2. The zero-order chi connectivity index (χ0) is 63.1. The van der Waals surface area contributed by atoms with Gasteiger partial charge in [-0.3, -0.25) is 24.3 Å². The number of anilines is 4. The molecule has 0 saturated carbocycles. The Balaban J connectivity index is 0.000000179. The van der Waals surface area contributed by atoms with Crippen LogP contribution in [-0.2, 0) is 25.6 Å². The zero-order valence-electron chi connectivity index (χ0n) is 50.1. The van der Waals surface area contributed by atoms with Crippen LogP contribution in [0.3, 0.4) is 0 Å². The Hall–Kier alpha value is -11.0. The van der Waals surface area contributed by atoms with Crippen molar-refractivity contribution in [2.24, 2.45) is 10.8 Å². The van der Waals surface area contributed by atoms with Crippen molar-refractivity contribution >= 4 is 69.0 Å². The third-order valence-electron chi connectivity index (χ3n) is 16.3. The van der Waals surface area contributed by atoms with Gasteiger partial charge in [0, 0.05) is 86.3 Å². The van der Waals surface area contributed by atoms with Crippen molar-refractivity contribution in [1.82, 2.24) is 49.7 Å². The number of hydrogen-bond donors (Lipinski definition) is 5. The number of aromatic nitrogens is 8. The van der Waals surface area contributed by atoms with Gasteiger partial charge >= 0.3 is 0 Å². The van der Waals surface area contributed by atoms with Crippen LogP contribution in [0.15, 0.2) is 134 Å². The van der Waals surface area contributed by atoms with Crippen molar-refractivity contribution < 1.29 is 42.9 Å². The Labute approximate surface area is 522 Å². The van der Waals surface area contributed by atoms with Crippen molar-refractivity contribution in [1.29, 1.82) is 10.5 Å². The fourth-order valence-electron chi connectivity index (χ4n) is 11.3. The molecule has 9 aromatic rings. The second-order valence-corrected chi connectivity index (χ2v) is 23.3. The summed E-state index contributed by atoms with van der Waals surface area (Å²) < 4.78 is 30.4. The number of nitriles is 2. The fraction of sp³-hybridized carbons (Fsp3) is 0.303. The number of methoxy groups -OCH3 is 1. The first kappa shape index (κ1) is 60.3. The summed E-state index contributed by atoms with van der Waals surface area (Å²) in [6.45, 7) is 8.80. The van der Waals surface area contributed by atoms with Crippen molar-refractivity contribution in [2.75, 3.05) is 81.0 Å². The van der Waals surface area contributed by atoms with Gasteiger partial charge < -0.3 is 54.8 Å². The summed E-state index contributed by atoms with van der Waals surface area (Å²) in [5, 5.41) is 44.5. The topological polar surface area (TPSA) is 315 Å². The van der Waals surface area contributed by atoms with Crippen molar-refractivity contribution in [2.45, 2.75) is 58.2 Å². The van der Waals surface area contributed by atoms with E-state index in [2.05, 4.69) is 46.4 Å². The van der Waals surface area contributed by atoms with Gasteiger partial charge in [-0.25, -0.2) is 24.6 Å². The fourth-order valence-corrected chi connectivity index (χ4v) is 11.3. The molecular weight excluding hydrogens is 1160 g/mol. The first-order valence-electron chi connectivity index (χ1n) is 29.7. The van der Waals surface area contributed by atoms with Gasteiger partial charge in [0.1, 0.15) is 51.2 Å². The van der Waals surface area contributed by atoms with E-state index in [0.29, 0.717) is 137 Å². The lowest BCUT2D eigenvalue weighted by atomic mass is 9.86. The van der Waals surface area contributed by atoms with Crippen LogP contribution in [0.25, 0.3) is 22.1 Å². The lowest BCUT2D eigenvalue weighted by molar-refractivity contribution is -0.170. The molecule has 4 fully saturated rings. The van der Waals surface area contributed by atoms with Gasteiger partial charge in [-0.2, -0.15) is 20.7 Å². The minimum Gasteiger partial charge on any atom is -0.497 e. The number of carbonyl (C=O) groups excluding carboxylic acids is 4. The maximum Gasteiger partial charge on any atom is 0.256 e. The number of H-pyrrole nitrogens is 1. The third-order valence-corrected chi connectivity index (χ3v) is 16.3. The lowest BCUT2D eigenvalue weighted by Gasteiger charge is -2.43. The minimum absolute atomic E-state index is 0.0259. The van der Waals surface area contributed by atoms with E-state index >= 15 is 0 Å². The van der Waals surface area contributed by atoms with Crippen molar-refractivity contribution in [3.63, 3.8) is 0 Å². The van der Waals surface area contributed by atoms with Gasteiger partial charge in [0.05, 0.1) is 74.2 Å². The zero-order valence-corrected chi connectivity index (χ0v) is 50.1. The van der Waals surface area contributed by atoms with Crippen molar-refractivity contribution in [3.8, 4) is 40.9 Å². The number of rotatable bonds is 17. The Morgan fingerprint density at radius 3 is 1.59 bits per heavy atom. The summed E-state index contributed by atoms with van der Waals surface area (Å²) in [5.41, 5.74) is 2.93. The number of nitrogens with one attached hydrogen (secondary N) is 5. The highest BCUT2D eigenvalue weighted by Crippen LogP contribution is 2.38. The quantitative estimate of drug-likeness (QED) is 0.0568. The minimum atomic E-state index is -0.463. The van der Waals surface area contributed by atoms with E-state index in [1.54, 1.807) is 92.3 Å². The number of benzene rings is 3. The summed E-state index contributed by atoms with van der Waals surface area (Å²) in [7, 11) is 1.64. The Bertz CT molecular complexity index is 4250. The van der Waals surface area contributed by atoms with E-state index in [-0.39, 0.29) is 41.5 Å². The predicted molar refractivity (Wildman–Crippen MR) is 335 cm³/mol. The normalized spacial score (nSPS) is 17.1. The number of ether oxygens (including phenoxy) is 5. The highest BCUT2D eigenvalue weighted by Gasteiger charge is 2.46. The number of fused-ring (bicyclic) bond motifs is 2. The summed E-state index contributed by atoms with van der Waals surface area (Å²) in [5.74, 6) is 4.22. The molecule has 4 amide bonds. The number of hydrogen-bond acceptors (Lipinski definition) is 19. The van der Waals surface area contributed by atoms with Gasteiger partial charge in [-0.15, -0.1) is 0 Å². The molecular formula is C66H64N16O9. The van der Waals surface area contributed by atoms with E-state index in [4.69, 9.17) is 44.3 Å². The molecule has 0 unspecified atom stereocenters. The summed E-state index contributed by atoms with van der Waals surface area (Å²) in [4.78, 5) is 73.0. The van der Waals surface area contributed by atoms with Crippen LogP contribution < -0.4 is 35.5 Å². The number of likely N-dealkylation sites (tertiary alicyclic amines) is 2. The Morgan fingerprint density at radius 1 is 0.615 bits per heavy atom. The number of carbonyl (C=O) groups is 4. The van der Waals surface area contributed by atoms with Crippen LogP contribution in [0.2, 0.25) is 0 Å². The Kier molecular flexibility index (Phi) is 17.5. The molecule has 25 nitrogen and oxygen atoms in total. The average Bonchev–Trinajstić information content (AvgIpc) is 1.73. The molecule has 13 rings (SSSR count).